The van der Waals surface area contributed by atoms with Crippen LogP contribution in [0.15, 0.2) is 30.3 Å². The molecule has 1 atom stereocenters. The lowest BCUT2D eigenvalue weighted by Crippen LogP contribution is -2.40. The normalized spacial score (nSPS) is 29.8. The summed E-state index contributed by atoms with van der Waals surface area (Å²) in [5, 5.41) is 19.2. The Balaban J connectivity index is 2.28. The summed E-state index contributed by atoms with van der Waals surface area (Å²) >= 11 is 0. The molecule has 0 aliphatic heterocycles. The molecule has 2 N–H and O–H groups in total. The molecule has 0 heterocycles. The molecule has 3 heteroatoms. The standard InChI is InChI=1S/C15H20O3/c1-11(12-5-3-2-4-6-12)15(14(17)18)9-7-13(16)8-10-15/h2-6,11,13,16H,7-10H2,1H3,(H,17,18). The quantitative estimate of drug-likeness (QED) is 0.864. The third-order valence-corrected chi connectivity index (χ3v) is 4.40. The number of aliphatic hydroxyl groups is 1. The smallest absolute Gasteiger partial charge is 0.310 e. The molecule has 1 fully saturated rings. The highest BCUT2D eigenvalue weighted by Gasteiger charge is 2.46. The zero-order valence-electron chi connectivity index (χ0n) is 10.7. The topological polar surface area (TPSA) is 57.5 Å². The number of carboxylic acids is 1. The van der Waals surface area contributed by atoms with Gasteiger partial charge in [0, 0.05) is 0 Å². The van der Waals surface area contributed by atoms with Gasteiger partial charge in [-0.05, 0) is 37.2 Å². The van der Waals surface area contributed by atoms with Crippen molar-refractivity contribution in [3.05, 3.63) is 35.9 Å². The molecule has 98 valence electrons. The van der Waals surface area contributed by atoms with Crippen LogP contribution in [0, 0.1) is 5.41 Å². The van der Waals surface area contributed by atoms with E-state index in [4.69, 9.17) is 0 Å². The predicted molar refractivity (Wildman–Crippen MR) is 69.4 cm³/mol. The minimum atomic E-state index is -0.731. The van der Waals surface area contributed by atoms with Gasteiger partial charge in [-0.25, -0.2) is 0 Å². The number of carbonyl (C=O) groups is 1. The number of hydrogen-bond acceptors (Lipinski definition) is 2. The Bertz CT molecular complexity index is 405. The number of aliphatic carboxylic acids is 1. The van der Waals surface area contributed by atoms with E-state index in [1.807, 2.05) is 37.3 Å². The van der Waals surface area contributed by atoms with E-state index in [2.05, 4.69) is 0 Å². The van der Waals surface area contributed by atoms with Crippen molar-refractivity contribution >= 4 is 5.97 Å². The highest BCUT2D eigenvalue weighted by molar-refractivity contribution is 5.76. The van der Waals surface area contributed by atoms with Gasteiger partial charge >= 0.3 is 5.97 Å². The largest absolute Gasteiger partial charge is 0.481 e. The van der Waals surface area contributed by atoms with Gasteiger partial charge in [0.05, 0.1) is 11.5 Å². The van der Waals surface area contributed by atoms with E-state index in [9.17, 15) is 15.0 Å². The van der Waals surface area contributed by atoms with E-state index >= 15 is 0 Å². The van der Waals surface area contributed by atoms with Gasteiger partial charge in [0.25, 0.3) is 0 Å². The van der Waals surface area contributed by atoms with Gasteiger partial charge in [-0.2, -0.15) is 0 Å². The molecule has 18 heavy (non-hydrogen) atoms. The van der Waals surface area contributed by atoms with Crippen LogP contribution in [0.4, 0.5) is 0 Å². The van der Waals surface area contributed by atoms with E-state index in [1.165, 1.54) is 0 Å². The first-order chi connectivity index (χ1) is 8.56. The molecule has 3 nitrogen and oxygen atoms in total. The van der Waals surface area contributed by atoms with Crippen LogP contribution in [0.3, 0.4) is 0 Å². The maximum atomic E-state index is 11.7. The molecule has 2 rings (SSSR count). The Hall–Kier alpha value is -1.35. The van der Waals surface area contributed by atoms with Crippen molar-refractivity contribution in [3.63, 3.8) is 0 Å². The van der Waals surface area contributed by atoms with Crippen molar-refractivity contribution in [2.24, 2.45) is 5.41 Å². The first-order valence-corrected chi connectivity index (χ1v) is 6.52. The maximum absolute atomic E-state index is 11.7. The summed E-state index contributed by atoms with van der Waals surface area (Å²) in [6.45, 7) is 1.99. The second-order valence-electron chi connectivity index (χ2n) is 5.32. The first kappa shape index (κ1) is 13.1. The number of rotatable bonds is 3. The zero-order chi connectivity index (χ0) is 13.2. The minimum absolute atomic E-state index is 0.0244. The molecule has 0 amide bonds. The van der Waals surface area contributed by atoms with Crippen LogP contribution >= 0.6 is 0 Å². The van der Waals surface area contributed by atoms with Crippen molar-refractivity contribution in [1.82, 2.24) is 0 Å². The third kappa shape index (κ3) is 2.27. The summed E-state index contributed by atoms with van der Waals surface area (Å²) in [6, 6.07) is 9.80. The molecule has 1 saturated carbocycles. The van der Waals surface area contributed by atoms with Gasteiger partial charge < -0.3 is 10.2 Å². The van der Waals surface area contributed by atoms with Crippen molar-refractivity contribution in [2.45, 2.75) is 44.6 Å². The predicted octanol–water partition coefficient (Wildman–Crippen LogP) is 2.80. The second-order valence-corrected chi connectivity index (χ2v) is 5.32. The fourth-order valence-corrected chi connectivity index (χ4v) is 3.01. The number of aliphatic hydroxyl groups excluding tert-OH is 1. The average molecular weight is 248 g/mol. The van der Waals surface area contributed by atoms with E-state index in [-0.39, 0.29) is 12.0 Å². The van der Waals surface area contributed by atoms with Crippen molar-refractivity contribution in [1.29, 1.82) is 0 Å². The molecule has 1 aromatic rings. The zero-order valence-corrected chi connectivity index (χ0v) is 10.7. The molecule has 0 aromatic heterocycles. The molecule has 1 aromatic carbocycles. The van der Waals surface area contributed by atoms with Crippen molar-refractivity contribution < 1.29 is 15.0 Å². The van der Waals surface area contributed by atoms with Crippen LogP contribution in [0.1, 0.15) is 44.1 Å². The fourth-order valence-electron chi connectivity index (χ4n) is 3.01. The van der Waals surface area contributed by atoms with Crippen LogP contribution in [0.2, 0.25) is 0 Å². The molecule has 1 aliphatic rings. The van der Waals surface area contributed by atoms with Gasteiger partial charge in [-0.15, -0.1) is 0 Å². The Morgan fingerprint density at radius 2 is 1.83 bits per heavy atom. The molecular weight excluding hydrogens is 228 g/mol. The number of carboxylic acid groups (broad SMARTS) is 1. The average Bonchev–Trinajstić information content (AvgIpc) is 2.40. The Morgan fingerprint density at radius 1 is 1.28 bits per heavy atom. The van der Waals surface area contributed by atoms with E-state index < -0.39 is 11.4 Å². The van der Waals surface area contributed by atoms with E-state index in [0.717, 1.165) is 5.56 Å². The fraction of sp³-hybridized carbons (Fsp3) is 0.533. The molecule has 0 bridgehead atoms. The van der Waals surface area contributed by atoms with Crippen LogP contribution < -0.4 is 0 Å². The Kier molecular flexibility index (Phi) is 3.71. The minimum Gasteiger partial charge on any atom is -0.481 e. The van der Waals surface area contributed by atoms with Crippen LogP contribution in [-0.2, 0) is 4.79 Å². The maximum Gasteiger partial charge on any atom is 0.310 e. The molecular formula is C15H20O3. The summed E-state index contributed by atoms with van der Waals surface area (Å²) < 4.78 is 0. The monoisotopic (exact) mass is 248 g/mol. The summed E-state index contributed by atoms with van der Waals surface area (Å²) in [6.07, 6.45) is 1.95. The van der Waals surface area contributed by atoms with Crippen molar-refractivity contribution in [3.8, 4) is 0 Å². The third-order valence-electron chi connectivity index (χ3n) is 4.40. The first-order valence-electron chi connectivity index (χ1n) is 6.52. The highest BCUT2D eigenvalue weighted by atomic mass is 16.4. The van der Waals surface area contributed by atoms with Gasteiger partial charge in [0.2, 0.25) is 0 Å². The molecule has 0 spiro atoms. The molecule has 1 aliphatic carbocycles. The summed E-state index contributed by atoms with van der Waals surface area (Å²) in [5.41, 5.74) is 0.344. The lowest BCUT2D eigenvalue weighted by Gasteiger charge is -2.40. The number of hydrogen-bond donors (Lipinski definition) is 2. The van der Waals surface area contributed by atoms with E-state index in [1.54, 1.807) is 0 Å². The molecule has 0 radical (unpaired) electrons. The Morgan fingerprint density at radius 3 is 2.33 bits per heavy atom. The van der Waals surface area contributed by atoms with E-state index in [0.29, 0.717) is 25.7 Å². The summed E-state index contributed by atoms with van der Waals surface area (Å²) in [4.78, 5) is 11.7. The lowest BCUT2D eigenvalue weighted by atomic mass is 9.64. The molecule has 1 unspecified atom stereocenters. The van der Waals surface area contributed by atoms with Gasteiger partial charge in [-0.1, -0.05) is 37.3 Å². The number of benzene rings is 1. The molecule has 0 saturated heterocycles. The van der Waals surface area contributed by atoms with Crippen LogP contribution in [0.5, 0.6) is 0 Å². The second kappa shape index (κ2) is 5.11. The lowest BCUT2D eigenvalue weighted by molar-refractivity contribution is -0.154. The Labute approximate surface area is 107 Å². The van der Waals surface area contributed by atoms with Gasteiger partial charge in [-0.3, -0.25) is 4.79 Å². The van der Waals surface area contributed by atoms with Crippen molar-refractivity contribution in [2.75, 3.05) is 0 Å². The van der Waals surface area contributed by atoms with Gasteiger partial charge in [0.15, 0.2) is 0 Å². The summed E-state index contributed by atoms with van der Waals surface area (Å²) in [7, 11) is 0. The summed E-state index contributed by atoms with van der Waals surface area (Å²) in [5.74, 6) is -0.755. The highest BCUT2D eigenvalue weighted by Crippen LogP contribution is 2.47. The van der Waals surface area contributed by atoms with Crippen LogP contribution in [0.25, 0.3) is 0 Å². The van der Waals surface area contributed by atoms with Crippen LogP contribution in [-0.4, -0.2) is 22.3 Å². The van der Waals surface area contributed by atoms with Gasteiger partial charge in [0.1, 0.15) is 0 Å². The SMILES string of the molecule is CC(c1ccccc1)C1(C(=O)O)CCC(O)CC1.